The molecule has 0 atom stereocenters. The molecule has 0 spiro atoms. The minimum Gasteiger partial charge on any atom is -0.481 e. The molecule has 0 bridgehead atoms. The third-order valence-electron chi connectivity index (χ3n) is 2.18. The van der Waals surface area contributed by atoms with E-state index in [0.717, 1.165) is 5.69 Å². The Bertz CT molecular complexity index is 442. The third-order valence-corrected chi connectivity index (χ3v) is 2.18. The van der Waals surface area contributed by atoms with E-state index in [2.05, 4.69) is 10.5 Å². The number of anilines is 1. The molecule has 5 nitrogen and oxygen atoms in total. The minimum absolute atomic E-state index is 0.191. The highest BCUT2D eigenvalue weighted by atomic mass is 16.4. The number of carboxylic acids is 1. The quantitative estimate of drug-likeness (QED) is 0.761. The number of para-hydroxylation sites is 1. The SMILES string of the molecule is C1=Cc2ccccc2NN=C1.NCCCC(=O)O. The molecule has 0 aliphatic carbocycles. The number of nitrogens with zero attached hydrogens (tertiary/aromatic N) is 1. The van der Waals surface area contributed by atoms with Crippen LogP contribution in [0.1, 0.15) is 18.4 Å². The van der Waals surface area contributed by atoms with Gasteiger partial charge in [0, 0.05) is 12.6 Å². The summed E-state index contributed by atoms with van der Waals surface area (Å²) in [5, 5.41) is 11.9. The fourth-order valence-corrected chi connectivity index (χ4v) is 1.29. The topological polar surface area (TPSA) is 87.7 Å². The van der Waals surface area contributed by atoms with Crippen LogP contribution in [0.5, 0.6) is 0 Å². The van der Waals surface area contributed by atoms with Gasteiger partial charge in [-0.25, -0.2) is 0 Å². The zero-order valence-corrected chi connectivity index (χ0v) is 10.0. The number of hydrazone groups is 1. The first-order valence-corrected chi connectivity index (χ1v) is 5.70. The van der Waals surface area contributed by atoms with Crippen molar-refractivity contribution >= 4 is 23.9 Å². The van der Waals surface area contributed by atoms with Gasteiger partial charge in [-0.05, 0) is 30.7 Å². The summed E-state index contributed by atoms with van der Waals surface area (Å²) in [6.07, 6.45) is 6.45. The molecule has 0 amide bonds. The molecule has 5 heteroatoms. The van der Waals surface area contributed by atoms with E-state index < -0.39 is 5.97 Å². The molecule has 0 radical (unpaired) electrons. The lowest BCUT2D eigenvalue weighted by Gasteiger charge is -2.00. The number of rotatable bonds is 3. The molecule has 18 heavy (non-hydrogen) atoms. The molecule has 1 aromatic carbocycles. The van der Waals surface area contributed by atoms with Crippen LogP contribution in [-0.4, -0.2) is 23.8 Å². The standard InChI is InChI=1S/C9H8N2.C4H9NO2/c1-2-6-9-8(4-1)5-3-7-10-11-9;5-3-1-2-4(6)7/h1-7,11H;1-3,5H2,(H,6,7). The van der Waals surface area contributed by atoms with Crippen molar-refractivity contribution in [1.82, 2.24) is 0 Å². The molecule has 1 aliphatic rings. The second-order valence-electron chi connectivity index (χ2n) is 3.62. The summed E-state index contributed by atoms with van der Waals surface area (Å²) >= 11 is 0. The van der Waals surface area contributed by atoms with Crippen LogP contribution in [0.25, 0.3) is 6.08 Å². The highest BCUT2D eigenvalue weighted by Gasteiger charge is 1.96. The molecular weight excluding hydrogens is 230 g/mol. The summed E-state index contributed by atoms with van der Waals surface area (Å²) in [6.45, 7) is 0.465. The average Bonchev–Trinajstić information content (AvgIpc) is 2.62. The summed E-state index contributed by atoms with van der Waals surface area (Å²) < 4.78 is 0. The number of carbonyl (C=O) groups is 1. The van der Waals surface area contributed by atoms with Gasteiger partial charge in [0.25, 0.3) is 0 Å². The summed E-state index contributed by atoms with van der Waals surface area (Å²) in [4.78, 5) is 9.70. The minimum atomic E-state index is -0.773. The summed E-state index contributed by atoms with van der Waals surface area (Å²) in [6, 6.07) is 8.05. The number of hydrogen-bond donors (Lipinski definition) is 3. The predicted molar refractivity (Wildman–Crippen MR) is 73.5 cm³/mol. The van der Waals surface area contributed by atoms with E-state index in [1.807, 2.05) is 36.4 Å². The second-order valence-corrected chi connectivity index (χ2v) is 3.62. The number of nitrogens with two attached hydrogens (primary N) is 1. The molecule has 0 saturated carbocycles. The molecule has 0 saturated heterocycles. The number of carboxylic acid groups (broad SMARTS) is 1. The second kappa shape index (κ2) is 8.03. The van der Waals surface area contributed by atoms with Crippen molar-refractivity contribution in [2.75, 3.05) is 12.0 Å². The van der Waals surface area contributed by atoms with Gasteiger partial charge in [-0.15, -0.1) is 0 Å². The van der Waals surface area contributed by atoms with Crippen LogP contribution in [0.15, 0.2) is 35.4 Å². The maximum absolute atomic E-state index is 9.70. The van der Waals surface area contributed by atoms with E-state index in [0.29, 0.717) is 13.0 Å². The van der Waals surface area contributed by atoms with Crippen molar-refractivity contribution in [3.05, 3.63) is 35.9 Å². The van der Waals surface area contributed by atoms with Crippen LogP contribution in [0, 0.1) is 0 Å². The molecule has 2 rings (SSSR count). The number of aliphatic carboxylic acids is 1. The van der Waals surface area contributed by atoms with Gasteiger partial charge in [0.2, 0.25) is 0 Å². The maximum atomic E-state index is 9.70. The van der Waals surface area contributed by atoms with Gasteiger partial charge in [0.15, 0.2) is 0 Å². The van der Waals surface area contributed by atoms with Crippen LogP contribution in [0.4, 0.5) is 5.69 Å². The van der Waals surface area contributed by atoms with Crippen LogP contribution in [-0.2, 0) is 4.79 Å². The van der Waals surface area contributed by atoms with Crippen molar-refractivity contribution in [3.8, 4) is 0 Å². The lowest BCUT2D eigenvalue weighted by Crippen LogP contribution is -2.02. The van der Waals surface area contributed by atoms with Crippen LogP contribution < -0.4 is 11.2 Å². The lowest BCUT2D eigenvalue weighted by atomic mass is 10.2. The smallest absolute Gasteiger partial charge is 0.303 e. The molecule has 0 unspecified atom stereocenters. The fourth-order valence-electron chi connectivity index (χ4n) is 1.29. The van der Waals surface area contributed by atoms with Gasteiger partial charge in [-0.2, -0.15) is 5.10 Å². The highest BCUT2D eigenvalue weighted by molar-refractivity contribution is 5.83. The normalized spacial score (nSPS) is 11.6. The molecular formula is C13H17N3O2. The monoisotopic (exact) mass is 247 g/mol. The fraction of sp³-hybridized carbons (Fsp3) is 0.231. The number of allylic oxidation sites excluding steroid dienone is 1. The largest absolute Gasteiger partial charge is 0.481 e. The molecule has 96 valence electrons. The molecule has 1 heterocycles. The Labute approximate surface area is 106 Å². The number of benzene rings is 1. The van der Waals surface area contributed by atoms with E-state index in [1.54, 1.807) is 6.21 Å². The van der Waals surface area contributed by atoms with Gasteiger partial charge in [-0.3, -0.25) is 10.2 Å². The Morgan fingerprint density at radius 3 is 2.83 bits per heavy atom. The van der Waals surface area contributed by atoms with Gasteiger partial charge in [-0.1, -0.05) is 24.3 Å². The zero-order chi connectivity index (χ0) is 13.2. The third kappa shape index (κ3) is 5.27. The van der Waals surface area contributed by atoms with Gasteiger partial charge >= 0.3 is 5.97 Å². The highest BCUT2D eigenvalue weighted by Crippen LogP contribution is 2.17. The molecule has 0 fully saturated rings. The average molecular weight is 247 g/mol. The van der Waals surface area contributed by atoms with E-state index in [4.69, 9.17) is 10.8 Å². The van der Waals surface area contributed by atoms with E-state index in [9.17, 15) is 4.79 Å². The maximum Gasteiger partial charge on any atom is 0.303 e. The number of nitrogens with one attached hydrogen (secondary N) is 1. The zero-order valence-electron chi connectivity index (χ0n) is 10.0. The molecule has 1 aliphatic heterocycles. The summed E-state index contributed by atoms with van der Waals surface area (Å²) in [5.41, 5.74) is 10.2. The van der Waals surface area contributed by atoms with Gasteiger partial charge in [0.1, 0.15) is 0 Å². The Hall–Kier alpha value is -2.14. The van der Waals surface area contributed by atoms with Crippen molar-refractivity contribution < 1.29 is 9.90 Å². The summed E-state index contributed by atoms with van der Waals surface area (Å²) in [7, 11) is 0. The van der Waals surface area contributed by atoms with E-state index in [-0.39, 0.29) is 6.42 Å². The first kappa shape index (κ1) is 13.9. The van der Waals surface area contributed by atoms with Crippen molar-refractivity contribution in [3.63, 3.8) is 0 Å². The molecule has 1 aromatic rings. The van der Waals surface area contributed by atoms with Crippen molar-refractivity contribution in [2.24, 2.45) is 10.8 Å². The predicted octanol–water partition coefficient (Wildman–Crippen LogP) is 1.92. The van der Waals surface area contributed by atoms with Crippen LogP contribution in [0.2, 0.25) is 0 Å². The Morgan fingerprint density at radius 2 is 2.17 bits per heavy atom. The first-order chi connectivity index (χ1) is 8.74. The first-order valence-electron chi connectivity index (χ1n) is 5.70. The van der Waals surface area contributed by atoms with Crippen molar-refractivity contribution in [1.29, 1.82) is 0 Å². The van der Waals surface area contributed by atoms with Gasteiger partial charge in [0.05, 0.1) is 5.69 Å². The van der Waals surface area contributed by atoms with E-state index >= 15 is 0 Å². The van der Waals surface area contributed by atoms with Crippen molar-refractivity contribution in [2.45, 2.75) is 12.8 Å². The number of fused-ring (bicyclic) bond motifs is 1. The van der Waals surface area contributed by atoms with E-state index in [1.165, 1.54) is 5.56 Å². The number of hydrogen-bond acceptors (Lipinski definition) is 4. The van der Waals surface area contributed by atoms with Crippen LogP contribution >= 0.6 is 0 Å². The van der Waals surface area contributed by atoms with Gasteiger partial charge < -0.3 is 10.8 Å². The Kier molecular flexibility index (Phi) is 6.21. The lowest BCUT2D eigenvalue weighted by molar-refractivity contribution is -0.137. The van der Waals surface area contributed by atoms with Crippen LogP contribution in [0.3, 0.4) is 0 Å². The molecule has 0 aromatic heterocycles. The molecule has 4 N–H and O–H groups in total. The summed E-state index contributed by atoms with van der Waals surface area (Å²) in [5.74, 6) is -0.773. The Balaban J connectivity index is 0.000000203. The Morgan fingerprint density at radius 1 is 1.39 bits per heavy atom.